The Balaban J connectivity index is 1.09. The monoisotopic (exact) mass is 494 g/mol. The molecule has 2 saturated heterocycles. The fraction of sp³-hybridized carbons (Fsp3) is 0.400. The zero-order valence-electron chi connectivity index (χ0n) is 21.5. The van der Waals surface area contributed by atoms with E-state index in [4.69, 9.17) is 4.98 Å². The predicted octanol–water partition coefficient (Wildman–Crippen LogP) is 4.88. The van der Waals surface area contributed by atoms with Gasteiger partial charge in [0.15, 0.2) is 11.5 Å². The van der Waals surface area contributed by atoms with E-state index in [1.165, 1.54) is 11.1 Å². The van der Waals surface area contributed by atoms with E-state index >= 15 is 0 Å². The summed E-state index contributed by atoms with van der Waals surface area (Å²) in [5.74, 6) is 1.34. The summed E-state index contributed by atoms with van der Waals surface area (Å²) in [4.78, 5) is 32.1. The molecule has 7 heteroatoms. The van der Waals surface area contributed by atoms with Crippen LogP contribution in [0, 0.1) is 12.8 Å². The molecular weight excluding hydrogens is 460 g/mol. The maximum absolute atomic E-state index is 13.4. The molecule has 6 rings (SSSR count). The lowest BCUT2D eigenvalue weighted by molar-refractivity contribution is -0.138. The molecule has 7 nitrogen and oxygen atoms in total. The summed E-state index contributed by atoms with van der Waals surface area (Å²) in [6, 6.07) is 18.8. The second-order valence-corrected chi connectivity index (χ2v) is 10.5. The number of likely N-dealkylation sites (tertiary alicyclic amines) is 2. The van der Waals surface area contributed by atoms with Crippen molar-refractivity contribution in [3.05, 3.63) is 78.1 Å². The number of imidazole rings is 1. The zero-order chi connectivity index (χ0) is 25.2. The van der Waals surface area contributed by atoms with Gasteiger partial charge in [0, 0.05) is 44.0 Å². The molecule has 0 unspecified atom stereocenters. The molecule has 5 heterocycles. The number of carbonyl (C=O) groups is 1. The summed E-state index contributed by atoms with van der Waals surface area (Å²) in [5.41, 5.74) is 5.31. The maximum atomic E-state index is 13.4. The minimum atomic E-state index is 0.144. The van der Waals surface area contributed by atoms with Gasteiger partial charge in [-0.25, -0.2) is 9.97 Å². The second-order valence-electron chi connectivity index (χ2n) is 10.5. The Labute approximate surface area is 218 Å². The van der Waals surface area contributed by atoms with Crippen molar-refractivity contribution in [2.24, 2.45) is 5.92 Å². The zero-order valence-corrected chi connectivity index (χ0v) is 21.5. The molecule has 0 aliphatic carbocycles. The lowest BCUT2D eigenvalue weighted by Gasteiger charge is -2.38. The molecule has 190 valence electrons. The topological polar surface area (TPSA) is 67.2 Å². The molecule has 0 spiro atoms. The molecule has 2 aliphatic rings. The van der Waals surface area contributed by atoms with Crippen LogP contribution in [0.4, 0.5) is 0 Å². The van der Waals surface area contributed by atoms with E-state index in [0.29, 0.717) is 5.91 Å². The smallest absolute Gasteiger partial charge is 0.225 e. The summed E-state index contributed by atoms with van der Waals surface area (Å²) in [5, 5.41) is 0. The fourth-order valence-electron chi connectivity index (χ4n) is 5.96. The van der Waals surface area contributed by atoms with Crippen LogP contribution < -0.4 is 0 Å². The van der Waals surface area contributed by atoms with Crippen LogP contribution in [0.5, 0.6) is 0 Å². The van der Waals surface area contributed by atoms with E-state index in [0.717, 1.165) is 81.1 Å². The Bertz CT molecular complexity index is 1370. The van der Waals surface area contributed by atoms with E-state index in [1.807, 2.05) is 36.5 Å². The number of piperidine rings is 2. The third-order valence-electron chi connectivity index (χ3n) is 7.91. The molecule has 0 N–H and O–H groups in total. The highest BCUT2D eigenvalue weighted by atomic mass is 16.2. The molecule has 0 radical (unpaired) electrons. The fourth-order valence-corrected chi connectivity index (χ4v) is 5.96. The van der Waals surface area contributed by atoms with Crippen LogP contribution in [-0.2, 0) is 11.3 Å². The highest BCUT2D eigenvalue weighted by Gasteiger charge is 2.32. The van der Waals surface area contributed by atoms with E-state index in [1.54, 1.807) is 6.20 Å². The predicted molar refractivity (Wildman–Crippen MR) is 145 cm³/mol. The van der Waals surface area contributed by atoms with Gasteiger partial charge in [-0.05, 0) is 75.5 Å². The molecule has 37 heavy (non-hydrogen) atoms. The first-order valence-corrected chi connectivity index (χ1v) is 13.5. The summed E-state index contributed by atoms with van der Waals surface area (Å²) in [7, 11) is 0. The first-order chi connectivity index (χ1) is 18.2. The van der Waals surface area contributed by atoms with Crippen LogP contribution >= 0.6 is 0 Å². The number of nitrogens with zero attached hydrogens (tertiary/aromatic N) is 6. The van der Waals surface area contributed by atoms with E-state index in [2.05, 4.69) is 55.5 Å². The SMILES string of the molecule is Cc1cccc(CN2CCC(C(=O)N3CCC(n4c(-c5ccccn5)nc5cccnc54)CC3)CC2)c1. The number of amides is 1. The van der Waals surface area contributed by atoms with E-state index in [-0.39, 0.29) is 12.0 Å². The number of pyridine rings is 2. The first-order valence-electron chi connectivity index (χ1n) is 13.5. The van der Waals surface area contributed by atoms with Crippen molar-refractivity contribution in [1.82, 2.24) is 29.3 Å². The van der Waals surface area contributed by atoms with Crippen LogP contribution in [-0.4, -0.2) is 61.4 Å². The number of aromatic nitrogens is 4. The quantitative estimate of drug-likeness (QED) is 0.396. The molecule has 0 atom stereocenters. The number of carbonyl (C=O) groups excluding carboxylic acids is 1. The highest BCUT2D eigenvalue weighted by molar-refractivity contribution is 5.79. The molecule has 3 aromatic heterocycles. The molecule has 4 aromatic rings. The van der Waals surface area contributed by atoms with Crippen molar-refractivity contribution in [3.63, 3.8) is 0 Å². The van der Waals surface area contributed by atoms with Crippen LogP contribution in [0.15, 0.2) is 67.0 Å². The molecule has 2 fully saturated rings. The minimum Gasteiger partial charge on any atom is -0.342 e. The molecule has 0 bridgehead atoms. The van der Waals surface area contributed by atoms with Gasteiger partial charge >= 0.3 is 0 Å². The van der Waals surface area contributed by atoms with Gasteiger partial charge in [0.1, 0.15) is 11.2 Å². The number of aryl methyl sites for hydroxylation is 1. The Kier molecular flexibility index (Phi) is 6.70. The Morgan fingerprint density at radius 3 is 2.46 bits per heavy atom. The molecule has 2 aliphatic heterocycles. The van der Waals surface area contributed by atoms with Crippen molar-refractivity contribution in [3.8, 4) is 11.5 Å². The van der Waals surface area contributed by atoms with Gasteiger partial charge in [-0.15, -0.1) is 0 Å². The number of hydrogen-bond acceptors (Lipinski definition) is 5. The number of rotatable bonds is 5. The van der Waals surface area contributed by atoms with Gasteiger partial charge in [-0.1, -0.05) is 35.9 Å². The van der Waals surface area contributed by atoms with Crippen LogP contribution in [0.3, 0.4) is 0 Å². The third-order valence-corrected chi connectivity index (χ3v) is 7.91. The number of benzene rings is 1. The summed E-state index contributed by atoms with van der Waals surface area (Å²) >= 11 is 0. The van der Waals surface area contributed by atoms with Crippen LogP contribution in [0.2, 0.25) is 0 Å². The average molecular weight is 495 g/mol. The number of hydrogen-bond donors (Lipinski definition) is 0. The standard InChI is InChI=1S/C30H34N6O/c1-22-6-4-7-23(20-22)21-34-16-10-24(11-17-34)30(37)35-18-12-25(13-19-35)36-28-27(9-5-15-32-28)33-29(36)26-8-2-3-14-31-26/h2-9,14-15,20,24-25H,10-13,16-19,21H2,1H3. The summed E-state index contributed by atoms with van der Waals surface area (Å²) < 4.78 is 2.25. The molecular formula is C30H34N6O. The van der Waals surface area contributed by atoms with Gasteiger partial charge < -0.3 is 9.47 Å². The Hall–Kier alpha value is -3.58. The van der Waals surface area contributed by atoms with Crippen molar-refractivity contribution < 1.29 is 4.79 Å². The third kappa shape index (κ3) is 5.01. The lowest BCUT2D eigenvalue weighted by Crippen LogP contribution is -2.45. The highest BCUT2D eigenvalue weighted by Crippen LogP contribution is 2.33. The van der Waals surface area contributed by atoms with Crippen molar-refractivity contribution in [1.29, 1.82) is 0 Å². The van der Waals surface area contributed by atoms with Gasteiger partial charge in [0.2, 0.25) is 5.91 Å². The average Bonchev–Trinajstić information content (AvgIpc) is 3.33. The molecule has 0 saturated carbocycles. The van der Waals surface area contributed by atoms with Gasteiger partial charge in [-0.2, -0.15) is 0 Å². The Morgan fingerprint density at radius 1 is 0.892 bits per heavy atom. The van der Waals surface area contributed by atoms with Gasteiger partial charge in [0.25, 0.3) is 0 Å². The van der Waals surface area contributed by atoms with E-state index < -0.39 is 0 Å². The molecule has 1 aromatic carbocycles. The van der Waals surface area contributed by atoms with Crippen LogP contribution in [0.25, 0.3) is 22.7 Å². The molecule has 1 amide bonds. The second kappa shape index (κ2) is 10.4. The van der Waals surface area contributed by atoms with Gasteiger partial charge in [-0.3, -0.25) is 14.7 Å². The van der Waals surface area contributed by atoms with Crippen molar-refractivity contribution in [2.75, 3.05) is 26.2 Å². The lowest BCUT2D eigenvalue weighted by atomic mass is 9.93. The van der Waals surface area contributed by atoms with Gasteiger partial charge in [0.05, 0.1) is 0 Å². The largest absolute Gasteiger partial charge is 0.342 e. The number of fused-ring (bicyclic) bond motifs is 1. The summed E-state index contributed by atoms with van der Waals surface area (Å²) in [6.07, 6.45) is 7.33. The first kappa shape index (κ1) is 23.8. The normalized spacial score (nSPS) is 17.9. The van der Waals surface area contributed by atoms with E-state index in [9.17, 15) is 4.79 Å². The van der Waals surface area contributed by atoms with Crippen LogP contribution in [0.1, 0.15) is 42.9 Å². The van der Waals surface area contributed by atoms with Crippen molar-refractivity contribution >= 4 is 17.1 Å². The minimum absolute atomic E-state index is 0.144. The Morgan fingerprint density at radius 2 is 1.70 bits per heavy atom. The summed E-state index contributed by atoms with van der Waals surface area (Å²) in [6.45, 7) is 6.65. The van der Waals surface area contributed by atoms with Crippen molar-refractivity contribution in [2.45, 2.75) is 45.2 Å². The maximum Gasteiger partial charge on any atom is 0.225 e.